The summed E-state index contributed by atoms with van der Waals surface area (Å²) in [6.07, 6.45) is 2.35. The molecule has 0 aliphatic rings. The Hall–Kier alpha value is -2.02. The minimum Gasteiger partial charge on any atom is -0.351 e. The SMILES string of the molecule is CCOC(CN(CCc1ccccc1)C(=O)Nc1cccc(SC)c1)OCC. The van der Waals surface area contributed by atoms with Crippen molar-refractivity contribution in [3.8, 4) is 0 Å². The number of thioether (sulfide) groups is 1. The van der Waals surface area contributed by atoms with Crippen LogP contribution in [0.5, 0.6) is 0 Å². The lowest BCUT2D eigenvalue weighted by atomic mass is 10.1. The Kier molecular flexibility index (Phi) is 9.90. The van der Waals surface area contributed by atoms with Gasteiger partial charge in [0.15, 0.2) is 6.29 Å². The summed E-state index contributed by atoms with van der Waals surface area (Å²) in [7, 11) is 0. The van der Waals surface area contributed by atoms with E-state index < -0.39 is 6.29 Å². The molecule has 0 aromatic heterocycles. The third-order valence-corrected chi connectivity index (χ3v) is 4.92. The maximum atomic E-state index is 13.0. The molecule has 0 aliphatic carbocycles. The highest BCUT2D eigenvalue weighted by Crippen LogP contribution is 2.19. The van der Waals surface area contributed by atoms with E-state index in [0.29, 0.717) is 26.3 Å². The van der Waals surface area contributed by atoms with Crippen LogP contribution in [0.15, 0.2) is 59.5 Å². The molecular formula is C22H30N2O3S. The first-order valence-corrected chi connectivity index (χ1v) is 10.9. The third kappa shape index (κ3) is 7.54. The van der Waals surface area contributed by atoms with Crippen LogP contribution in [0, 0.1) is 0 Å². The molecule has 2 rings (SSSR count). The Morgan fingerprint density at radius 3 is 2.43 bits per heavy atom. The largest absolute Gasteiger partial charge is 0.351 e. The van der Waals surface area contributed by atoms with Crippen LogP contribution < -0.4 is 5.32 Å². The predicted octanol–water partition coefficient (Wildman–Crippen LogP) is 4.88. The van der Waals surface area contributed by atoms with E-state index in [1.807, 2.05) is 62.6 Å². The zero-order valence-corrected chi connectivity index (χ0v) is 17.7. The molecule has 0 saturated heterocycles. The van der Waals surface area contributed by atoms with Crippen LogP contribution in [-0.4, -0.2) is 49.8 Å². The van der Waals surface area contributed by atoms with Crippen LogP contribution in [-0.2, 0) is 15.9 Å². The summed E-state index contributed by atoms with van der Waals surface area (Å²) in [5, 5.41) is 3.01. The molecule has 28 heavy (non-hydrogen) atoms. The van der Waals surface area contributed by atoms with E-state index in [1.54, 1.807) is 16.7 Å². The maximum Gasteiger partial charge on any atom is 0.322 e. The minimum atomic E-state index is -0.436. The summed E-state index contributed by atoms with van der Waals surface area (Å²) >= 11 is 1.64. The highest BCUT2D eigenvalue weighted by molar-refractivity contribution is 7.98. The van der Waals surface area contributed by atoms with Crippen LogP contribution in [0.2, 0.25) is 0 Å². The Morgan fingerprint density at radius 1 is 1.07 bits per heavy atom. The summed E-state index contributed by atoms with van der Waals surface area (Å²) < 4.78 is 11.3. The van der Waals surface area contributed by atoms with Crippen molar-refractivity contribution in [1.82, 2.24) is 4.90 Å². The molecule has 0 fully saturated rings. The number of nitrogens with one attached hydrogen (secondary N) is 1. The molecular weight excluding hydrogens is 372 g/mol. The van der Waals surface area contributed by atoms with Gasteiger partial charge in [-0.2, -0.15) is 0 Å². The van der Waals surface area contributed by atoms with Gasteiger partial charge in [-0.25, -0.2) is 4.79 Å². The molecule has 2 aromatic carbocycles. The van der Waals surface area contributed by atoms with Crippen molar-refractivity contribution in [1.29, 1.82) is 0 Å². The van der Waals surface area contributed by atoms with Gasteiger partial charge in [0.2, 0.25) is 0 Å². The second-order valence-corrected chi connectivity index (χ2v) is 7.06. The van der Waals surface area contributed by atoms with Crippen LogP contribution in [0.4, 0.5) is 10.5 Å². The zero-order valence-electron chi connectivity index (χ0n) is 16.9. The second-order valence-electron chi connectivity index (χ2n) is 6.18. The third-order valence-electron chi connectivity index (χ3n) is 4.20. The molecule has 1 N–H and O–H groups in total. The lowest BCUT2D eigenvalue weighted by Gasteiger charge is -2.27. The minimum absolute atomic E-state index is 0.154. The Morgan fingerprint density at radius 2 is 1.79 bits per heavy atom. The Labute approximate surface area is 172 Å². The molecule has 2 amide bonds. The van der Waals surface area contributed by atoms with Crippen LogP contribution >= 0.6 is 11.8 Å². The maximum absolute atomic E-state index is 13.0. The number of urea groups is 1. The van der Waals surface area contributed by atoms with Gasteiger partial charge in [-0.15, -0.1) is 11.8 Å². The van der Waals surface area contributed by atoms with Gasteiger partial charge in [-0.1, -0.05) is 36.4 Å². The fourth-order valence-electron chi connectivity index (χ4n) is 2.79. The van der Waals surface area contributed by atoms with Crippen LogP contribution in [0.3, 0.4) is 0 Å². The number of amides is 2. The number of nitrogens with zero attached hydrogens (tertiary/aromatic N) is 1. The average molecular weight is 403 g/mol. The number of benzene rings is 2. The highest BCUT2D eigenvalue weighted by Gasteiger charge is 2.20. The van der Waals surface area contributed by atoms with E-state index in [-0.39, 0.29) is 6.03 Å². The molecule has 2 aromatic rings. The van der Waals surface area contributed by atoms with Crippen molar-refractivity contribution in [3.05, 3.63) is 60.2 Å². The predicted molar refractivity (Wildman–Crippen MR) is 116 cm³/mol. The lowest BCUT2D eigenvalue weighted by Crippen LogP contribution is -2.43. The van der Waals surface area contributed by atoms with Crippen molar-refractivity contribution in [2.75, 3.05) is 37.9 Å². The molecule has 5 nitrogen and oxygen atoms in total. The molecule has 0 saturated carbocycles. The van der Waals surface area contributed by atoms with Gasteiger partial charge in [0.05, 0.1) is 6.54 Å². The van der Waals surface area contributed by atoms with E-state index in [2.05, 4.69) is 17.4 Å². The van der Waals surface area contributed by atoms with Gasteiger partial charge in [0.25, 0.3) is 0 Å². The molecule has 0 heterocycles. The molecule has 0 spiro atoms. The van der Waals surface area contributed by atoms with Crippen molar-refractivity contribution in [3.63, 3.8) is 0 Å². The fraction of sp³-hybridized carbons (Fsp3) is 0.409. The van der Waals surface area contributed by atoms with Gasteiger partial charge >= 0.3 is 6.03 Å². The second kappa shape index (κ2) is 12.4. The van der Waals surface area contributed by atoms with Crippen LogP contribution in [0.1, 0.15) is 19.4 Å². The number of rotatable bonds is 11. The van der Waals surface area contributed by atoms with Gasteiger partial charge in [-0.05, 0) is 50.3 Å². The average Bonchev–Trinajstić information content (AvgIpc) is 2.72. The summed E-state index contributed by atoms with van der Waals surface area (Å²) in [5.41, 5.74) is 1.97. The molecule has 0 radical (unpaired) electrons. The van der Waals surface area contributed by atoms with Gasteiger partial charge in [0.1, 0.15) is 0 Å². The Bertz CT molecular complexity index is 706. The van der Waals surface area contributed by atoms with E-state index in [9.17, 15) is 4.79 Å². The van der Waals surface area contributed by atoms with Gasteiger partial charge in [0, 0.05) is 30.3 Å². The van der Waals surface area contributed by atoms with E-state index in [4.69, 9.17) is 9.47 Å². The summed E-state index contributed by atoms with van der Waals surface area (Å²) in [6, 6.07) is 17.8. The lowest BCUT2D eigenvalue weighted by molar-refractivity contribution is -0.142. The number of hydrogen-bond acceptors (Lipinski definition) is 4. The smallest absolute Gasteiger partial charge is 0.322 e. The standard InChI is InChI=1S/C22H30N2O3S/c1-4-26-21(27-5-2)17-24(15-14-18-10-7-6-8-11-18)22(25)23-19-12-9-13-20(16-19)28-3/h6-13,16,21H,4-5,14-15,17H2,1-3H3,(H,23,25). The van der Waals surface area contributed by atoms with E-state index in [1.165, 1.54) is 5.56 Å². The fourth-order valence-corrected chi connectivity index (χ4v) is 3.25. The zero-order chi connectivity index (χ0) is 20.2. The normalized spacial score (nSPS) is 10.9. The summed E-state index contributed by atoms with van der Waals surface area (Å²) in [5.74, 6) is 0. The monoisotopic (exact) mass is 402 g/mol. The topological polar surface area (TPSA) is 50.8 Å². The Balaban J connectivity index is 2.08. The van der Waals surface area contributed by atoms with E-state index >= 15 is 0 Å². The van der Waals surface area contributed by atoms with Crippen molar-refractivity contribution < 1.29 is 14.3 Å². The molecule has 6 heteroatoms. The number of hydrogen-bond donors (Lipinski definition) is 1. The number of carbonyl (C=O) groups is 1. The van der Waals surface area contributed by atoms with Gasteiger partial charge in [-0.3, -0.25) is 0 Å². The number of carbonyl (C=O) groups excluding carboxylic acids is 1. The first-order valence-electron chi connectivity index (χ1n) is 9.63. The van der Waals surface area contributed by atoms with Gasteiger partial charge < -0.3 is 19.7 Å². The molecule has 0 atom stereocenters. The summed E-state index contributed by atoms with van der Waals surface area (Å²) in [4.78, 5) is 15.8. The molecule has 0 unspecified atom stereocenters. The number of anilines is 1. The quantitative estimate of drug-likeness (QED) is 0.430. The molecule has 152 valence electrons. The van der Waals surface area contributed by atoms with Crippen molar-refractivity contribution >= 4 is 23.5 Å². The van der Waals surface area contributed by atoms with E-state index in [0.717, 1.165) is 17.0 Å². The first kappa shape index (κ1) is 22.3. The summed E-state index contributed by atoms with van der Waals surface area (Å²) in [6.45, 7) is 5.88. The molecule has 0 aliphatic heterocycles. The van der Waals surface area contributed by atoms with Crippen molar-refractivity contribution in [2.24, 2.45) is 0 Å². The van der Waals surface area contributed by atoms with Crippen molar-refractivity contribution in [2.45, 2.75) is 31.5 Å². The molecule has 0 bridgehead atoms. The first-order chi connectivity index (χ1) is 13.7. The highest BCUT2D eigenvalue weighted by atomic mass is 32.2. The van der Waals surface area contributed by atoms with Crippen LogP contribution in [0.25, 0.3) is 0 Å². The number of ether oxygens (including phenoxy) is 2.